The number of benzene rings is 2. The molecule has 0 radical (unpaired) electrons. The molecule has 2 aromatic carbocycles. The van der Waals surface area contributed by atoms with Crippen molar-refractivity contribution < 1.29 is 8.42 Å². The van der Waals surface area contributed by atoms with Crippen molar-refractivity contribution in [2.75, 3.05) is 29.6 Å². The van der Waals surface area contributed by atoms with Crippen LogP contribution in [0.25, 0.3) is 22.0 Å². The van der Waals surface area contributed by atoms with Crippen LogP contribution in [-0.4, -0.2) is 32.0 Å². The first-order chi connectivity index (χ1) is 11.9. The largest absolute Gasteiger partial charge is 0.396 e. The molecule has 0 amide bonds. The average Bonchev–Trinajstić information content (AvgIpc) is 2.59. The Balaban J connectivity index is 1.87. The quantitative estimate of drug-likeness (QED) is 0.663. The van der Waals surface area contributed by atoms with Crippen LogP contribution in [-0.2, 0) is 9.84 Å². The van der Waals surface area contributed by atoms with E-state index >= 15 is 0 Å². The molecule has 3 aromatic rings. The molecule has 6 heteroatoms. The number of hydrogen-bond donors (Lipinski definition) is 2. The lowest BCUT2D eigenvalue weighted by molar-refractivity contribution is 0.600. The van der Waals surface area contributed by atoms with Gasteiger partial charge in [-0.3, -0.25) is 4.98 Å². The van der Waals surface area contributed by atoms with Gasteiger partial charge in [-0.15, -0.1) is 0 Å². The van der Waals surface area contributed by atoms with Crippen molar-refractivity contribution in [1.29, 1.82) is 0 Å². The fraction of sp³-hybridized carbons (Fsp3) is 0.211. The number of aromatic nitrogens is 1. The summed E-state index contributed by atoms with van der Waals surface area (Å²) in [6.07, 6.45) is 3.41. The van der Waals surface area contributed by atoms with Crippen LogP contribution in [0, 0.1) is 0 Å². The number of sulfone groups is 1. The van der Waals surface area contributed by atoms with E-state index in [1.165, 1.54) is 6.26 Å². The van der Waals surface area contributed by atoms with Gasteiger partial charge in [0.1, 0.15) is 9.84 Å². The number of nitrogens with zero attached hydrogens (tertiary/aromatic N) is 1. The summed E-state index contributed by atoms with van der Waals surface area (Å²) in [5, 5.41) is 4.19. The van der Waals surface area contributed by atoms with Gasteiger partial charge in [0.25, 0.3) is 0 Å². The van der Waals surface area contributed by atoms with Crippen LogP contribution < -0.4 is 11.1 Å². The van der Waals surface area contributed by atoms with Crippen molar-refractivity contribution in [1.82, 2.24) is 4.98 Å². The fourth-order valence-corrected chi connectivity index (χ4v) is 3.43. The number of pyridine rings is 1. The summed E-state index contributed by atoms with van der Waals surface area (Å²) >= 11 is 0. The van der Waals surface area contributed by atoms with Gasteiger partial charge in [0.15, 0.2) is 0 Å². The summed E-state index contributed by atoms with van der Waals surface area (Å²) in [7, 11) is -2.95. The normalized spacial score (nSPS) is 11.6. The Kier molecular flexibility index (Phi) is 4.90. The van der Waals surface area contributed by atoms with Crippen LogP contribution in [0.5, 0.6) is 0 Å². The van der Waals surface area contributed by atoms with Crippen molar-refractivity contribution in [2.24, 2.45) is 0 Å². The Morgan fingerprint density at radius 1 is 1.08 bits per heavy atom. The van der Waals surface area contributed by atoms with E-state index < -0.39 is 9.84 Å². The lowest BCUT2D eigenvalue weighted by Gasteiger charge is -2.13. The van der Waals surface area contributed by atoms with Crippen molar-refractivity contribution in [3.8, 4) is 11.1 Å². The van der Waals surface area contributed by atoms with E-state index in [4.69, 9.17) is 5.73 Å². The van der Waals surface area contributed by atoms with Gasteiger partial charge < -0.3 is 11.1 Å². The maximum Gasteiger partial charge on any atom is 0.147 e. The number of hydrogen-bond acceptors (Lipinski definition) is 5. The molecular formula is C19H21N3O2S. The third-order valence-electron chi connectivity index (χ3n) is 4.00. The number of nitrogens with one attached hydrogen (secondary N) is 1. The molecule has 0 fully saturated rings. The number of nitrogen functional groups attached to an aromatic ring is 1. The topological polar surface area (TPSA) is 85.1 Å². The van der Waals surface area contributed by atoms with Crippen LogP contribution in [0.15, 0.2) is 54.7 Å². The van der Waals surface area contributed by atoms with E-state index in [2.05, 4.69) is 22.4 Å². The third kappa shape index (κ3) is 4.28. The van der Waals surface area contributed by atoms with Crippen LogP contribution in [0.1, 0.15) is 6.42 Å². The molecule has 0 spiro atoms. The lowest BCUT2D eigenvalue weighted by atomic mass is 10.0. The number of nitrogens with two attached hydrogens (primary N) is 1. The van der Waals surface area contributed by atoms with Crippen LogP contribution in [0.3, 0.4) is 0 Å². The monoisotopic (exact) mass is 355 g/mol. The Labute approximate surface area is 147 Å². The van der Waals surface area contributed by atoms with Gasteiger partial charge in [-0.25, -0.2) is 8.42 Å². The molecule has 0 aliphatic heterocycles. The maximum atomic E-state index is 11.2. The van der Waals surface area contributed by atoms with E-state index in [9.17, 15) is 8.42 Å². The summed E-state index contributed by atoms with van der Waals surface area (Å²) in [5.74, 6) is 0.154. The number of rotatable bonds is 6. The molecule has 130 valence electrons. The second kappa shape index (κ2) is 7.11. The van der Waals surface area contributed by atoms with E-state index in [1.54, 1.807) is 6.20 Å². The number of anilines is 2. The maximum absolute atomic E-state index is 11.2. The van der Waals surface area contributed by atoms with E-state index in [0.29, 0.717) is 18.7 Å². The number of fused-ring (bicyclic) bond motifs is 1. The summed E-state index contributed by atoms with van der Waals surface area (Å²) in [5.41, 5.74) is 10.5. The Bertz CT molecular complexity index is 986. The fourth-order valence-electron chi connectivity index (χ4n) is 2.76. The molecule has 0 atom stereocenters. The zero-order valence-electron chi connectivity index (χ0n) is 14.1. The van der Waals surface area contributed by atoms with Gasteiger partial charge in [0.2, 0.25) is 0 Å². The minimum atomic E-state index is -2.95. The van der Waals surface area contributed by atoms with Gasteiger partial charge in [-0.05, 0) is 23.6 Å². The standard InChI is InChI=1S/C19H21N3O2S/c1-25(23,24)11-5-10-21-19-16-9-8-15(14-6-3-2-4-7-14)12-18(16)22-13-17(19)20/h2-4,6-9,12-13H,5,10-11,20H2,1H3,(H,21,22). The molecule has 5 nitrogen and oxygen atoms in total. The van der Waals surface area contributed by atoms with Crippen LogP contribution in [0.4, 0.5) is 11.4 Å². The van der Waals surface area contributed by atoms with Gasteiger partial charge in [-0.2, -0.15) is 0 Å². The van der Waals surface area contributed by atoms with Gasteiger partial charge in [0, 0.05) is 18.2 Å². The predicted octanol–water partition coefficient (Wildman–Crippen LogP) is 3.33. The van der Waals surface area contributed by atoms with E-state index in [1.807, 2.05) is 36.4 Å². The highest BCUT2D eigenvalue weighted by atomic mass is 32.2. The van der Waals surface area contributed by atoms with Crippen molar-refractivity contribution in [2.45, 2.75) is 6.42 Å². The summed E-state index contributed by atoms with van der Waals surface area (Å²) in [6, 6.07) is 16.2. The summed E-state index contributed by atoms with van der Waals surface area (Å²) in [6.45, 7) is 0.539. The summed E-state index contributed by atoms with van der Waals surface area (Å²) < 4.78 is 22.5. The van der Waals surface area contributed by atoms with Gasteiger partial charge >= 0.3 is 0 Å². The SMILES string of the molecule is CS(=O)(=O)CCCNc1c(N)cnc2cc(-c3ccccc3)ccc12. The third-order valence-corrected chi connectivity index (χ3v) is 5.03. The zero-order chi connectivity index (χ0) is 17.9. The smallest absolute Gasteiger partial charge is 0.147 e. The van der Waals surface area contributed by atoms with Gasteiger partial charge in [-0.1, -0.05) is 42.5 Å². The van der Waals surface area contributed by atoms with Crippen molar-refractivity contribution in [3.63, 3.8) is 0 Å². The second-order valence-corrected chi connectivity index (χ2v) is 8.36. The molecule has 25 heavy (non-hydrogen) atoms. The molecule has 1 aromatic heterocycles. The first-order valence-corrected chi connectivity index (χ1v) is 10.2. The summed E-state index contributed by atoms with van der Waals surface area (Å²) in [4.78, 5) is 4.43. The Hall–Kier alpha value is -2.60. The molecule has 0 aliphatic carbocycles. The first kappa shape index (κ1) is 17.2. The molecule has 0 saturated heterocycles. The predicted molar refractivity (Wildman–Crippen MR) is 104 cm³/mol. The zero-order valence-corrected chi connectivity index (χ0v) is 14.9. The molecule has 3 rings (SSSR count). The Morgan fingerprint density at radius 3 is 2.56 bits per heavy atom. The second-order valence-electron chi connectivity index (χ2n) is 6.10. The van der Waals surface area contributed by atoms with E-state index in [-0.39, 0.29) is 5.75 Å². The van der Waals surface area contributed by atoms with Crippen molar-refractivity contribution in [3.05, 3.63) is 54.7 Å². The molecule has 3 N–H and O–H groups in total. The molecule has 0 aliphatic rings. The van der Waals surface area contributed by atoms with Crippen LogP contribution in [0.2, 0.25) is 0 Å². The minimum absolute atomic E-state index is 0.154. The van der Waals surface area contributed by atoms with Crippen molar-refractivity contribution >= 4 is 32.1 Å². The first-order valence-electron chi connectivity index (χ1n) is 8.09. The molecule has 1 heterocycles. The van der Waals surface area contributed by atoms with E-state index in [0.717, 1.165) is 27.7 Å². The molecular weight excluding hydrogens is 334 g/mol. The van der Waals surface area contributed by atoms with Crippen LogP contribution >= 0.6 is 0 Å². The molecule has 0 bridgehead atoms. The average molecular weight is 355 g/mol. The molecule has 0 saturated carbocycles. The van der Waals surface area contributed by atoms with Gasteiger partial charge in [0.05, 0.1) is 28.8 Å². The molecule has 0 unspecified atom stereocenters. The highest BCUT2D eigenvalue weighted by molar-refractivity contribution is 7.90. The lowest BCUT2D eigenvalue weighted by Crippen LogP contribution is -2.11. The highest BCUT2D eigenvalue weighted by Crippen LogP contribution is 2.31. The minimum Gasteiger partial charge on any atom is -0.396 e. The highest BCUT2D eigenvalue weighted by Gasteiger charge is 2.09. The Morgan fingerprint density at radius 2 is 1.84 bits per heavy atom.